The van der Waals surface area contributed by atoms with E-state index in [4.69, 9.17) is 0 Å². The predicted molar refractivity (Wildman–Crippen MR) is 96.8 cm³/mol. The van der Waals surface area contributed by atoms with E-state index < -0.39 is 9.84 Å². The molecule has 6 nitrogen and oxygen atoms in total. The average molecular weight is 361 g/mol. The summed E-state index contributed by atoms with van der Waals surface area (Å²) < 4.78 is 23.5. The molecule has 0 saturated carbocycles. The highest BCUT2D eigenvalue weighted by atomic mass is 32.2. The van der Waals surface area contributed by atoms with Crippen LogP contribution in [0.15, 0.2) is 36.4 Å². The van der Waals surface area contributed by atoms with Crippen molar-refractivity contribution in [3.8, 4) is 11.3 Å². The third-order valence-electron chi connectivity index (χ3n) is 4.43. The van der Waals surface area contributed by atoms with Gasteiger partial charge in [0.05, 0.1) is 30.4 Å². The van der Waals surface area contributed by atoms with Gasteiger partial charge in [0.2, 0.25) is 0 Å². The molecule has 2 aromatic rings. The van der Waals surface area contributed by atoms with Gasteiger partial charge in [0.1, 0.15) is 5.82 Å². The molecule has 0 aliphatic carbocycles. The second kappa shape index (κ2) is 7.59. The van der Waals surface area contributed by atoms with E-state index in [2.05, 4.69) is 9.97 Å². The van der Waals surface area contributed by atoms with Gasteiger partial charge in [-0.25, -0.2) is 18.4 Å². The summed E-state index contributed by atoms with van der Waals surface area (Å²) in [6, 6.07) is 11.8. The Labute approximate surface area is 148 Å². The first kappa shape index (κ1) is 18.0. The van der Waals surface area contributed by atoms with Crippen LogP contribution in [0.2, 0.25) is 0 Å². The average Bonchev–Trinajstić information content (AvgIpc) is 2.95. The maximum Gasteiger partial charge on any atom is 0.151 e. The highest BCUT2D eigenvalue weighted by Crippen LogP contribution is 2.21. The Morgan fingerprint density at radius 2 is 2.00 bits per heavy atom. The third-order valence-corrected chi connectivity index (χ3v) is 6.18. The lowest BCUT2D eigenvalue weighted by molar-refractivity contribution is 0.150. The number of nitrogens with zero attached hydrogens (tertiary/aromatic N) is 3. The fourth-order valence-corrected chi connectivity index (χ4v) is 4.98. The Morgan fingerprint density at radius 3 is 2.64 bits per heavy atom. The van der Waals surface area contributed by atoms with E-state index in [9.17, 15) is 13.5 Å². The van der Waals surface area contributed by atoms with Gasteiger partial charge in [-0.05, 0) is 19.4 Å². The van der Waals surface area contributed by atoms with Gasteiger partial charge in [-0.15, -0.1) is 0 Å². The van der Waals surface area contributed by atoms with Gasteiger partial charge in [0.15, 0.2) is 9.84 Å². The van der Waals surface area contributed by atoms with E-state index >= 15 is 0 Å². The van der Waals surface area contributed by atoms with Gasteiger partial charge in [-0.1, -0.05) is 30.3 Å². The van der Waals surface area contributed by atoms with Crippen LogP contribution in [-0.2, 0) is 16.4 Å². The standard InChI is InChI=1S/C18H23N3O3S/c1-14-11-17(15-5-3-2-4-6-15)20-18(19-14)12-21(8-9-22)16-7-10-25(23,24)13-16/h2-6,11,16,22H,7-10,12-13H2,1H3. The van der Waals surface area contributed by atoms with Gasteiger partial charge in [0, 0.05) is 23.8 Å². The normalized spacial score (nSPS) is 19.4. The lowest BCUT2D eigenvalue weighted by atomic mass is 10.1. The first-order valence-electron chi connectivity index (χ1n) is 8.42. The number of benzene rings is 1. The van der Waals surface area contributed by atoms with E-state index in [0.717, 1.165) is 17.0 Å². The van der Waals surface area contributed by atoms with Crippen LogP contribution in [0, 0.1) is 6.92 Å². The van der Waals surface area contributed by atoms with Crippen molar-refractivity contribution in [1.29, 1.82) is 0 Å². The van der Waals surface area contributed by atoms with Gasteiger partial charge in [0.25, 0.3) is 0 Å². The van der Waals surface area contributed by atoms with Crippen molar-refractivity contribution in [1.82, 2.24) is 14.9 Å². The Bertz CT molecular complexity index is 825. The summed E-state index contributed by atoms with van der Waals surface area (Å²) in [5.74, 6) is 1.00. The number of aryl methyl sites for hydroxylation is 1. The number of rotatable bonds is 6. The number of aliphatic hydroxyl groups excluding tert-OH is 1. The second-order valence-corrected chi connectivity index (χ2v) is 8.66. The van der Waals surface area contributed by atoms with Crippen molar-refractivity contribution in [2.45, 2.75) is 25.9 Å². The fourth-order valence-electron chi connectivity index (χ4n) is 3.22. The van der Waals surface area contributed by atoms with Gasteiger partial charge < -0.3 is 5.11 Å². The summed E-state index contributed by atoms with van der Waals surface area (Å²) in [7, 11) is -2.97. The van der Waals surface area contributed by atoms with E-state index in [1.54, 1.807) is 0 Å². The first-order valence-corrected chi connectivity index (χ1v) is 10.2. The summed E-state index contributed by atoms with van der Waals surface area (Å²) in [6.45, 7) is 2.75. The molecule has 1 aromatic heterocycles. The van der Waals surface area contributed by atoms with Crippen molar-refractivity contribution in [2.24, 2.45) is 0 Å². The van der Waals surface area contributed by atoms with Crippen LogP contribution < -0.4 is 0 Å². The highest BCUT2D eigenvalue weighted by molar-refractivity contribution is 7.91. The molecule has 1 saturated heterocycles. The molecule has 1 aliphatic rings. The molecule has 1 atom stereocenters. The topological polar surface area (TPSA) is 83.4 Å². The van der Waals surface area contributed by atoms with E-state index in [0.29, 0.717) is 25.3 Å². The molecular formula is C18H23N3O3S. The minimum atomic E-state index is -2.97. The van der Waals surface area contributed by atoms with E-state index in [1.807, 2.05) is 48.2 Å². The maximum absolute atomic E-state index is 11.8. The molecule has 2 heterocycles. The summed E-state index contributed by atoms with van der Waals surface area (Å²) in [5, 5.41) is 9.36. The molecule has 1 aliphatic heterocycles. The molecule has 0 amide bonds. The van der Waals surface area contributed by atoms with Gasteiger partial charge >= 0.3 is 0 Å². The van der Waals surface area contributed by atoms with Crippen molar-refractivity contribution < 1.29 is 13.5 Å². The van der Waals surface area contributed by atoms with Crippen LogP contribution in [-0.4, -0.2) is 59.1 Å². The third kappa shape index (κ3) is 4.62. The molecular weight excluding hydrogens is 338 g/mol. The molecule has 7 heteroatoms. The lowest BCUT2D eigenvalue weighted by Gasteiger charge is -2.26. The van der Waals surface area contributed by atoms with Crippen LogP contribution >= 0.6 is 0 Å². The SMILES string of the molecule is Cc1cc(-c2ccccc2)nc(CN(CCO)C2CCS(=O)(=O)C2)n1. The molecule has 1 N–H and O–H groups in total. The first-order chi connectivity index (χ1) is 12.0. The Balaban J connectivity index is 1.84. The molecule has 0 radical (unpaired) electrons. The smallest absolute Gasteiger partial charge is 0.151 e. The number of aromatic nitrogens is 2. The zero-order chi connectivity index (χ0) is 17.9. The molecule has 1 unspecified atom stereocenters. The molecule has 1 fully saturated rings. The predicted octanol–water partition coefficient (Wildman–Crippen LogP) is 1.43. The molecule has 1 aromatic carbocycles. The van der Waals surface area contributed by atoms with Crippen LogP contribution in [0.4, 0.5) is 0 Å². The van der Waals surface area contributed by atoms with Crippen LogP contribution in [0.1, 0.15) is 17.9 Å². The highest BCUT2D eigenvalue weighted by Gasteiger charge is 2.32. The minimum absolute atomic E-state index is 0.0199. The molecule has 0 bridgehead atoms. The largest absolute Gasteiger partial charge is 0.395 e. The van der Waals surface area contributed by atoms with Crippen molar-refractivity contribution in [2.75, 3.05) is 24.7 Å². The zero-order valence-corrected chi connectivity index (χ0v) is 15.1. The van der Waals surface area contributed by atoms with Crippen molar-refractivity contribution in [3.63, 3.8) is 0 Å². The summed E-state index contributed by atoms with van der Waals surface area (Å²) >= 11 is 0. The van der Waals surface area contributed by atoms with Crippen molar-refractivity contribution >= 4 is 9.84 Å². The Morgan fingerprint density at radius 1 is 1.24 bits per heavy atom. The molecule has 0 spiro atoms. The number of sulfone groups is 1. The van der Waals surface area contributed by atoms with Crippen LogP contribution in [0.5, 0.6) is 0 Å². The quantitative estimate of drug-likeness (QED) is 0.838. The fraction of sp³-hybridized carbons (Fsp3) is 0.444. The monoisotopic (exact) mass is 361 g/mol. The van der Waals surface area contributed by atoms with E-state index in [-0.39, 0.29) is 24.2 Å². The maximum atomic E-state index is 11.8. The second-order valence-electron chi connectivity index (χ2n) is 6.43. The Hall–Kier alpha value is -1.83. The summed E-state index contributed by atoms with van der Waals surface area (Å²) in [5.41, 5.74) is 2.74. The Kier molecular flexibility index (Phi) is 5.46. The summed E-state index contributed by atoms with van der Waals surface area (Å²) in [6.07, 6.45) is 0.597. The molecule has 3 rings (SSSR count). The minimum Gasteiger partial charge on any atom is -0.395 e. The number of aliphatic hydroxyl groups is 1. The van der Waals surface area contributed by atoms with Crippen molar-refractivity contribution in [3.05, 3.63) is 47.9 Å². The molecule has 25 heavy (non-hydrogen) atoms. The zero-order valence-electron chi connectivity index (χ0n) is 14.3. The number of hydrogen-bond donors (Lipinski definition) is 1. The molecule has 134 valence electrons. The van der Waals surface area contributed by atoms with Gasteiger partial charge in [-0.2, -0.15) is 0 Å². The van der Waals surface area contributed by atoms with Gasteiger partial charge in [-0.3, -0.25) is 4.90 Å². The van der Waals surface area contributed by atoms with E-state index in [1.165, 1.54) is 0 Å². The lowest BCUT2D eigenvalue weighted by Crippen LogP contribution is -2.38. The van der Waals surface area contributed by atoms with Crippen LogP contribution in [0.25, 0.3) is 11.3 Å². The number of hydrogen-bond acceptors (Lipinski definition) is 6. The van der Waals surface area contributed by atoms with Crippen LogP contribution in [0.3, 0.4) is 0 Å². The summed E-state index contributed by atoms with van der Waals surface area (Å²) in [4.78, 5) is 11.1.